The second-order valence-corrected chi connectivity index (χ2v) is 12.0. The van der Waals surface area contributed by atoms with Gasteiger partial charge in [-0.3, -0.25) is 0 Å². The van der Waals surface area contributed by atoms with Gasteiger partial charge in [-0.05, 0) is 77.9 Å². The first-order chi connectivity index (χ1) is 23.3. The first kappa shape index (κ1) is 25.7. The number of rotatable bonds is 3. The van der Waals surface area contributed by atoms with Crippen LogP contribution >= 0.6 is 0 Å². The maximum Gasteiger partial charge on any atom is 0.188 e. The third-order valence-corrected chi connectivity index (χ3v) is 9.52. The van der Waals surface area contributed by atoms with Gasteiger partial charge in [0, 0.05) is 32.6 Å². The van der Waals surface area contributed by atoms with Crippen molar-refractivity contribution in [1.29, 1.82) is 0 Å². The normalized spacial score (nSPS) is 11.8. The summed E-state index contributed by atoms with van der Waals surface area (Å²) in [6.45, 7) is 7.88. The number of benzene rings is 7. The molecule has 0 N–H and O–H groups in total. The Morgan fingerprint density at radius 1 is 0.489 bits per heavy atom. The van der Waals surface area contributed by atoms with Gasteiger partial charge in [0.1, 0.15) is 11.2 Å². The average molecular weight is 600 g/mol. The number of nitrogens with zero attached hydrogens (tertiary/aromatic N) is 3. The Morgan fingerprint density at radius 2 is 1.17 bits per heavy atom. The second kappa shape index (κ2) is 9.71. The molecule has 0 aliphatic carbocycles. The lowest BCUT2D eigenvalue weighted by atomic mass is 9.99. The fraction of sp³-hybridized carbons (Fsp3) is 0. The van der Waals surface area contributed by atoms with E-state index in [4.69, 9.17) is 11.0 Å². The Hall–Kier alpha value is -6.57. The molecule has 0 amide bonds. The quantitative estimate of drug-likeness (QED) is 0.186. The van der Waals surface area contributed by atoms with Crippen LogP contribution in [0.4, 0.5) is 5.69 Å². The molecular formula is C43H25N3O. The molecule has 0 aliphatic heterocycles. The standard InChI is InChI=1S/C43H25N3O/c1-44-28-20-23-38(46-36-16-8-5-13-30(36)31-14-6-9-17-37(31)46)34(26-28)27-19-22-39-35(25-27)32-21-24-41-42(33-15-7-10-18-40(33)47-41)43(32)45(39)29-11-3-2-4-12-29/h2-26H. The smallest absolute Gasteiger partial charge is 0.188 e. The zero-order valence-electron chi connectivity index (χ0n) is 25.2. The van der Waals surface area contributed by atoms with Crippen LogP contribution in [0.2, 0.25) is 0 Å². The molecule has 0 bridgehead atoms. The van der Waals surface area contributed by atoms with E-state index in [1.807, 2.05) is 24.3 Å². The zero-order valence-corrected chi connectivity index (χ0v) is 25.2. The fourth-order valence-electron chi connectivity index (χ4n) is 7.53. The summed E-state index contributed by atoms with van der Waals surface area (Å²) in [6, 6.07) is 53.0. The van der Waals surface area contributed by atoms with Gasteiger partial charge in [-0.1, -0.05) is 84.9 Å². The van der Waals surface area contributed by atoms with E-state index >= 15 is 0 Å². The van der Waals surface area contributed by atoms with Crippen LogP contribution in [0, 0.1) is 6.57 Å². The highest BCUT2D eigenvalue weighted by atomic mass is 16.3. The molecule has 0 spiro atoms. The molecule has 0 atom stereocenters. The van der Waals surface area contributed by atoms with Crippen molar-refractivity contribution in [1.82, 2.24) is 9.13 Å². The van der Waals surface area contributed by atoms with Gasteiger partial charge >= 0.3 is 0 Å². The average Bonchev–Trinajstić information content (AvgIpc) is 3.79. The van der Waals surface area contributed by atoms with Crippen molar-refractivity contribution < 1.29 is 4.42 Å². The van der Waals surface area contributed by atoms with E-state index in [9.17, 15) is 0 Å². The van der Waals surface area contributed by atoms with Crippen molar-refractivity contribution in [2.24, 2.45) is 0 Å². The van der Waals surface area contributed by atoms with Crippen molar-refractivity contribution >= 4 is 71.2 Å². The molecule has 0 saturated heterocycles. The molecule has 218 valence electrons. The van der Waals surface area contributed by atoms with Crippen molar-refractivity contribution in [3.63, 3.8) is 0 Å². The number of fused-ring (bicyclic) bond motifs is 10. The first-order valence-corrected chi connectivity index (χ1v) is 15.7. The van der Waals surface area contributed by atoms with Gasteiger partial charge in [0.05, 0.1) is 39.7 Å². The van der Waals surface area contributed by atoms with Crippen molar-refractivity contribution in [2.75, 3.05) is 0 Å². The highest BCUT2D eigenvalue weighted by Gasteiger charge is 2.21. The minimum absolute atomic E-state index is 0.614. The molecule has 0 saturated carbocycles. The van der Waals surface area contributed by atoms with Gasteiger partial charge in [0.25, 0.3) is 0 Å². The van der Waals surface area contributed by atoms with Crippen LogP contribution in [0.5, 0.6) is 0 Å². The molecular weight excluding hydrogens is 574 g/mol. The number of para-hydroxylation sites is 4. The summed E-state index contributed by atoms with van der Waals surface area (Å²) in [4.78, 5) is 3.84. The van der Waals surface area contributed by atoms with E-state index in [1.165, 1.54) is 10.8 Å². The molecule has 4 heteroatoms. The lowest BCUT2D eigenvalue weighted by Gasteiger charge is -2.15. The lowest BCUT2D eigenvalue weighted by molar-refractivity contribution is 0.669. The Kier molecular flexibility index (Phi) is 5.32. The summed E-state index contributed by atoms with van der Waals surface area (Å²) in [7, 11) is 0. The van der Waals surface area contributed by atoms with Crippen LogP contribution < -0.4 is 0 Å². The van der Waals surface area contributed by atoms with E-state index in [-0.39, 0.29) is 0 Å². The first-order valence-electron chi connectivity index (χ1n) is 15.7. The number of furan rings is 1. The summed E-state index contributed by atoms with van der Waals surface area (Å²) in [6.07, 6.45) is 0. The molecule has 3 aromatic heterocycles. The second-order valence-electron chi connectivity index (χ2n) is 12.0. The SMILES string of the molecule is [C-]#[N+]c1ccc(-n2c3ccccc3c3ccccc32)c(-c2ccc3c(c2)c2ccc4oc5ccccc5c4c2n3-c2ccccc2)c1. The number of hydrogen-bond donors (Lipinski definition) is 0. The van der Waals surface area contributed by atoms with Gasteiger partial charge < -0.3 is 13.6 Å². The van der Waals surface area contributed by atoms with Gasteiger partial charge in [-0.25, -0.2) is 4.85 Å². The summed E-state index contributed by atoms with van der Waals surface area (Å²) in [5, 5.41) is 6.94. The molecule has 0 radical (unpaired) electrons. The maximum atomic E-state index is 7.88. The highest BCUT2D eigenvalue weighted by molar-refractivity contribution is 6.25. The van der Waals surface area contributed by atoms with Gasteiger partial charge in [0.2, 0.25) is 0 Å². The zero-order chi connectivity index (χ0) is 31.1. The highest BCUT2D eigenvalue weighted by Crippen LogP contribution is 2.43. The van der Waals surface area contributed by atoms with Crippen LogP contribution in [0.15, 0.2) is 156 Å². The monoisotopic (exact) mass is 599 g/mol. The van der Waals surface area contributed by atoms with E-state index in [2.05, 4.69) is 141 Å². The fourth-order valence-corrected chi connectivity index (χ4v) is 7.53. The molecule has 3 heterocycles. The minimum atomic E-state index is 0.614. The predicted octanol–water partition coefficient (Wildman–Crippen LogP) is 12.0. The third kappa shape index (κ3) is 3.63. The van der Waals surface area contributed by atoms with E-state index in [1.54, 1.807) is 0 Å². The molecule has 0 fully saturated rings. The van der Waals surface area contributed by atoms with Crippen LogP contribution in [-0.4, -0.2) is 9.13 Å². The number of hydrogen-bond acceptors (Lipinski definition) is 1. The topological polar surface area (TPSA) is 27.4 Å². The molecule has 0 aliphatic rings. The molecule has 4 nitrogen and oxygen atoms in total. The van der Waals surface area contributed by atoms with Gasteiger partial charge in [-0.15, -0.1) is 0 Å². The molecule has 0 unspecified atom stereocenters. The predicted molar refractivity (Wildman–Crippen MR) is 194 cm³/mol. The van der Waals surface area contributed by atoms with Gasteiger partial charge in [-0.2, -0.15) is 0 Å². The van der Waals surface area contributed by atoms with Crippen molar-refractivity contribution in [2.45, 2.75) is 0 Å². The molecule has 47 heavy (non-hydrogen) atoms. The summed E-state index contributed by atoms with van der Waals surface area (Å²) < 4.78 is 11.1. The summed E-state index contributed by atoms with van der Waals surface area (Å²) in [5.41, 5.74) is 11.1. The van der Waals surface area contributed by atoms with Crippen LogP contribution in [0.25, 0.3) is 92.9 Å². The Labute approximate surface area is 269 Å². The van der Waals surface area contributed by atoms with E-state index in [0.29, 0.717) is 5.69 Å². The summed E-state index contributed by atoms with van der Waals surface area (Å²) in [5.74, 6) is 0. The maximum absolute atomic E-state index is 7.88. The third-order valence-electron chi connectivity index (χ3n) is 9.52. The van der Waals surface area contributed by atoms with Gasteiger partial charge in [0.15, 0.2) is 5.69 Å². The van der Waals surface area contributed by atoms with Crippen LogP contribution in [-0.2, 0) is 0 Å². The van der Waals surface area contributed by atoms with E-state index in [0.717, 1.165) is 77.3 Å². The largest absolute Gasteiger partial charge is 0.456 e. The molecule has 10 rings (SSSR count). The van der Waals surface area contributed by atoms with E-state index < -0.39 is 0 Å². The Bertz CT molecular complexity index is 2860. The van der Waals surface area contributed by atoms with Crippen LogP contribution in [0.1, 0.15) is 0 Å². The Morgan fingerprint density at radius 3 is 1.94 bits per heavy atom. The molecule has 7 aromatic carbocycles. The van der Waals surface area contributed by atoms with Crippen LogP contribution in [0.3, 0.4) is 0 Å². The molecule has 10 aromatic rings. The van der Waals surface area contributed by atoms with Crippen molar-refractivity contribution in [3.8, 4) is 22.5 Å². The lowest BCUT2D eigenvalue weighted by Crippen LogP contribution is -1.97. The minimum Gasteiger partial charge on any atom is -0.456 e. The Balaban J connectivity index is 1.31. The van der Waals surface area contributed by atoms with Crippen molar-refractivity contribution in [3.05, 3.63) is 163 Å². The summed E-state index contributed by atoms with van der Waals surface area (Å²) >= 11 is 0. The number of aromatic nitrogens is 2.